The van der Waals surface area contributed by atoms with Crippen LogP contribution in [0, 0.1) is 0 Å². The smallest absolute Gasteiger partial charge is 0.360 e. The number of unbranched alkanes of at least 4 members (excludes halogenated alkanes) is 1. The molecular weight excluding hydrogens is 284 g/mol. The minimum atomic E-state index is -4.55. The van der Waals surface area contributed by atoms with Gasteiger partial charge in [0.1, 0.15) is 0 Å². The average Bonchev–Trinajstić information content (AvgIpc) is 2.63. The normalized spacial score (nSPS) is 12.8. The number of nitrogens with one attached hydrogen (secondary N) is 1. The number of halogens is 6. The van der Waals surface area contributed by atoms with E-state index in [1.807, 2.05) is 0 Å². The summed E-state index contributed by atoms with van der Waals surface area (Å²) in [5.74, 6) is 0. The van der Waals surface area contributed by atoms with Crippen LogP contribution in [-0.4, -0.2) is 22.9 Å². The third kappa shape index (κ3) is 5.52. The van der Waals surface area contributed by atoms with Gasteiger partial charge in [0.25, 0.3) is 0 Å². The van der Waals surface area contributed by atoms with Crippen LogP contribution >= 0.6 is 11.3 Å². The van der Waals surface area contributed by atoms with Crippen molar-refractivity contribution in [1.82, 2.24) is 10.2 Å². The van der Waals surface area contributed by atoms with E-state index in [1.54, 1.807) is 0 Å². The second-order valence-electron chi connectivity index (χ2n) is 3.41. The molecule has 0 bridgehead atoms. The van der Waals surface area contributed by atoms with E-state index in [4.69, 9.17) is 0 Å². The summed E-state index contributed by atoms with van der Waals surface area (Å²) in [5.41, 5.74) is 0. The van der Waals surface area contributed by atoms with Crippen LogP contribution in [0.1, 0.15) is 24.3 Å². The maximum absolute atomic E-state index is 12.1. The SMILES string of the molecule is FC(F)(F)CCCCNc1nnc(C(F)(F)F)s1. The molecule has 0 fully saturated rings. The molecule has 0 atom stereocenters. The van der Waals surface area contributed by atoms with E-state index >= 15 is 0 Å². The molecule has 1 N–H and O–H groups in total. The molecule has 0 saturated heterocycles. The van der Waals surface area contributed by atoms with Gasteiger partial charge in [0, 0.05) is 13.0 Å². The Morgan fingerprint density at radius 2 is 1.67 bits per heavy atom. The van der Waals surface area contributed by atoms with Crippen LogP contribution in [0.2, 0.25) is 0 Å². The van der Waals surface area contributed by atoms with Crippen molar-refractivity contribution in [2.45, 2.75) is 31.6 Å². The van der Waals surface area contributed by atoms with Crippen molar-refractivity contribution in [3.05, 3.63) is 5.01 Å². The number of rotatable bonds is 5. The third-order valence-electron chi connectivity index (χ3n) is 1.83. The van der Waals surface area contributed by atoms with Gasteiger partial charge >= 0.3 is 12.4 Å². The second kappa shape index (κ2) is 5.72. The van der Waals surface area contributed by atoms with E-state index in [1.165, 1.54) is 0 Å². The topological polar surface area (TPSA) is 37.8 Å². The molecule has 1 aromatic heterocycles. The van der Waals surface area contributed by atoms with Gasteiger partial charge in [0.15, 0.2) is 0 Å². The van der Waals surface area contributed by atoms with E-state index in [-0.39, 0.29) is 24.5 Å². The van der Waals surface area contributed by atoms with Crippen LogP contribution in [0.3, 0.4) is 0 Å². The molecule has 0 spiro atoms. The van der Waals surface area contributed by atoms with Crippen molar-refractivity contribution in [3.63, 3.8) is 0 Å². The molecule has 0 amide bonds. The zero-order valence-corrected chi connectivity index (χ0v) is 9.72. The first-order valence-corrected chi connectivity index (χ1v) is 5.71. The van der Waals surface area contributed by atoms with Crippen LogP contribution in [-0.2, 0) is 6.18 Å². The Hall–Kier alpha value is -1.06. The summed E-state index contributed by atoms with van der Waals surface area (Å²) < 4.78 is 71.7. The highest BCUT2D eigenvalue weighted by Crippen LogP contribution is 2.33. The van der Waals surface area contributed by atoms with E-state index in [0.717, 1.165) is 0 Å². The van der Waals surface area contributed by atoms with Gasteiger partial charge in [0.2, 0.25) is 10.1 Å². The fraction of sp³-hybridized carbons (Fsp3) is 0.750. The van der Waals surface area contributed by atoms with Crippen LogP contribution in [0.4, 0.5) is 31.5 Å². The molecule has 18 heavy (non-hydrogen) atoms. The van der Waals surface area contributed by atoms with Crippen molar-refractivity contribution < 1.29 is 26.3 Å². The molecule has 1 rings (SSSR count). The summed E-state index contributed by atoms with van der Waals surface area (Å²) in [4.78, 5) is 0. The maximum atomic E-state index is 12.1. The van der Waals surface area contributed by atoms with Gasteiger partial charge in [-0.25, -0.2) is 0 Å². The minimum Gasteiger partial charge on any atom is -0.360 e. The van der Waals surface area contributed by atoms with E-state index in [9.17, 15) is 26.3 Å². The van der Waals surface area contributed by atoms with Crippen molar-refractivity contribution in [2.75, 3.05) is 11.9 Å². The number of hydrogen-bond acceptors (Lipinski definition) is 4. The lowest BCUT2D eigenvalue weighted by atomic mass is 10.2. The molecule has 3 nitrogen and oxygen atoms in total. The predicted molar refractivity (Wildman–Crippen MR) is 53.3 cm³/mol. The van der Waals surface area contributed by atoms with Crippen LogP contribution in [0.25, 0.3) is 0 Å². The number of hydrogen-bond donors (Lipinski definition) is 1. The Morgan fingerprint density at radius 1 is 1.00 bits per heavy atom. The molecule has 0 aliphatic carbocycles. The van der Waals surface area contributed by atoms with Crippen LogP contribution < -0.4 is 5.32 Å². The molecule has 0 aliphatic heterocycles. The lowest BCUT2D eigenvalue weighted by Gasteiger charge is -2.05. The van der Waals surface area contributed by atoms with Gasteiger partial charge in [-0.3, -0.25) is 0 Å². The fourth-order valence-electron chi connectivity index (χ4n) is 1.05. The Labute approximate surface area is 102 Å². The third-order valence-corrected chi connectivity index (χ3v) is 2.76. The lowest BCUT2D eigenvalue weighted by molar-refractivity contribution is -0.138. The Kier molecular flexibility index (Phi) is 4.77. The molecule has 104 valence electrons. The van der Waals surface area contributed by atoms with E-state index in [2.05, 4.69) is 15.5 Å². The van der Waals surface area contributed by atoms with Gasteiger partial charge < -0.3 is 5.32 Å². The quantitative estimate of drug-likeness (QED) is 0.664. The molecule has 0 unspecified atom stereocenters. The van der Waals surface area contributed by atoms with Gasteiger partial charge in [-0.2, -0.15) is 26.3 Å². The van der Waals surface area contributed by atoms with E-state index in [0.29, 0.717) is 11.3 Å². The van der Waals surface area contributed by atoms with Crippen molar-refractivity contribution in [2.24, 2.45) is 0 Å². The van der Waals surface area contributed by atoms with Crippen LogP contribution in [0.5, 0.6) is 0 Å². The highest BCUT2D eigenvalue weighted by Gasteiger charge is 2.35. The summed E-state index contributed by atoms with van der Waals surface area (Å²) >= 11 is 0.323. The molecule has 1 heterocycles. The summed E-state index contributed by atoms with van der Waals surface area (Å²) in [6.45, 7) is 0.128. The number of aromatic nitrogens is 2. The first-order valence-electron chi connectivity index (χ1n) is 4.90. The molecule has 0 saturated carbocycles. The zero-order valence-electron chi connectivity index (χ0n) is 8.90. The van der Waals surface area contributed by atoms with E-state index < -0.39 is 23.8 Å². The average molecular weight is 293 g/mol. The maximum Gasteiger partial charge on any atom is 0.445 e. The van der Waals surface area contributed by atoms with Gasteiger partial charge in [-0.05, 0) is 12.8 Å². The Morgan fingerprint density at radius 3 is 2.17 bits per heavy atom. The monoisotopic (exact) mass is 293 g/mol. The fourth-order valence-corrected chi connectivity index (χ4v) is 1.69. The van der Waals surface area contributed by atoms with Crippen molar-refractivity contribution in [3.8, 4) is 0 Å². The Balaban J connectivity index is 2.26. The van der Waals surface area contributed by atoms with Crippen molar-refractivity contribution in [1.29, 1.82) is 0 Å². The number of alkyl halides is 6. The lowest BCUT2D eigenvalue weighted by Crippen LogP contribution is -2.08. The Bertz CT molecular complexity index is 372. The van der Waals surface area contributed by atoms with Gasteiger partial charge in [-0.1, -0.05) is 11.3 Å². The van der Waals surface area contributed by atoms with Crippen LogP contribution in [0.15, 0.2) is 0 Å². The van der Waals surface area contributed by atoms with Gasteiger partial charge in [-0.15, -0.1) is 10.2 Å². The summed E-state index contributed by atoms with van der Waals surface area (Å²) in [6, 6.07) is 0. The molecular formula is C8H9F6N3S. The number of anilines is 1. The highest BCUT2D eigenvalue weighted by atomic mass is 32.1. The first-order chi connectivity index (χ1) is 8.18. The highest BCUT2D eigenvalue weighted by molar-refractivity contribution is 7.15. The largest absolute Gasteiger partial charge is 0.445 e. The van der Waals surface area contributed by atoms with Crippen molar-refractivity contribution >= 4 is 16.5 Å². The van der Waals surface area contributed by atoms with Gasteiger partial charge in [0.05, 0.1) is 0 Å². The summed E-state index contributed by atoms with van der Waals surface area (Å²) in [6.07, 6.45) is -9.54. The molecule has 10 heteroatoms. The molecule has 0 radical (unpaired) electrons. The standard InChI is InChI=1S/C8H9F6N3S/c9-7(10,11)3-1-2-4-15-6-17-16-5(18-6)8(12,13)14/h1-4H2,(H,15,17). The zero-order chi connectivity index (χ0) is 13.8. The molecule has 0 aromatic carbocycles. The summed E-state index contributed by atoms with van der Waals surface area (Å²) in [7, 11) is 0. The molecule has 1 aromatic rings. The number of nitrogens with zero attached hydrogens (tertiary/aromatic N) is 2. The predicted octanol–water partition coefficient (Wildman–Crippen LogP) is 3.70. The second-order valence-corrected chi connectivity index (χ2v) is 4.39. The first kappa shape index (κ1) is 15.0. The summed E-state index contributed by atoms with van der Waals surface area (Å²) in [5, 5.41) is 7.54. The molecule has 0 aliphatic rings. The minimum absolute atomic E-state index is 0.0469.